The maximum atomic E-state index is 8.11. The molecule has 0 amide bonds. The molecule has 1 rings (SSSR count). The van der Waals surface area contributed by atoms with Gasteiger partial charge in [-0.2, -0.15) is 0 Å². The van der Waals surface area contributed by atoms with Crippen LogP contribution in [0.1, 0.15) is 5.56 Å². The first kappa shape index (κ1) is 8.46. The van der Waals surface area contributed by atoms with Gasteiger partial charge in [-0.15, -0.1) is 0 Å². The summed E-state index contributed by atoms with van der Waals surface area (Å²) >= 11 is 0. The lowest BCUT2D eigenvalue weighted by Gasteiger charge is -1.88. The van der Waals surface area contributed by atoms with Gasteiger partial charge in [-0.25, -0.2) is 4.57 Å². The highest BCUT2D eigenvalue weighted by Crippen LogP contribution is 1.95. The third-order valence-electron chi connectivity index (χ3n) is 1.40. The van der Waals surface area contributed by atoms with Crippen LogP contribution in [0.2, 0.25) is 0 Å². The normalized spacial score (nSPS) is 11.4. The summed E-state index contributed by atoms with van der Waals surface area (Å²) in [5.74, 6) is 0. The Kier molecular flexibility index (Phi) is 3.02. The summed E-state index contributed by atoms with van der Waals surface area (Å²) in [6, 6.07) is 3.93. The lowest BCUT2D eigenvalue weighted by Crippen LogP contribution is -2.26. The van der Waals surface area contributed by atoms with E-state index in [4.69, 9.17) is 5.21 Å². The van der Waals surface area contributed by atoms with Crippen LogP contribution >= 0.6 is 0 Å². The predicted octanol–water partition coefficient (Wildman–Crippen LogP) is 0.984. The summed E-state index contributed by atoms with van der Waals surface area (Å²) in [6.07, 6.45) is 8.79. The number of aromatic nitrogens is 1. The van der Waals surface area contributed by atoms with E-state index in [9.17, 15) is 0 Å². The maximum Gasteiger partial charge on any atom is 0.175 e. The molecule has 0 fully saturated rings. The highest BCUT2D eigenvalue weighted by Gasteiger charge is 1.91. The first-order valence-electron chi connectivity index (χ1n) is 3.62. The molecule has 0 bridgehead atoms. The van der Waals surface area contributed by atoms with Crippen molar-refractivity contribution in [1.82, 2.24) is 0 Å². The number of aryl methyl sites for hydroxylation is 1. The molecule has 1 aromatic rings. The molecule has 1 N–H and O–H groups in total. The van der Waals surface area contributed by atoms with Crippen LogP contribution in [-0.4, -0.2) is 11.4 Å². The largest absolute Gasteiger partial charge is 0.411 e. The Morgan fingerprint density at radius 1 is 1.58 bits per heavy atom. The number of oxime groups is 1. The molecule has 62 valence electrons. The number of allylic oxidation sites excluding steroid dienone is 1. The monoisotopic (exact) mass is 163 g/mol. The van der Waals surface area contributed by atoms with E-state index in [2.05, 4.69) is 5.16 Å². The summed E-state index contributed by atoms with van der Waals surface area (Å²) in [4.78, 5) is 0. The third-order valence-corrected chi connectivity index (χ3v) is 1.40. The third kappa shape index (κ3) is 2.54. The Bertz CT molecular complexity index is 305. The van der Waals surface area contributed by atoms with Crippen LogP contribution in [-0.2, 0) is 7.05 Å². The minimum Gasteiger partial charge on any atom is -0.411 e. The van der Waals surface area contributed by atoms with Crippen LogP contribution in [0.25, 0.3) is 6.08 Å². The van der Waals surface area contributed by atoms with Crippen molar-refractivity contribution in [2.24, 2.45) is 12.2 Å². The van der Waals surface area contributed by atoms with Crippen molar-refractivity contribution in [3.05, 3.63) is 36.2 Å². The summed E-state index contributed by atoms with van der Waals surface area (Å²) in [7, 11) is 1.96. The fraction of sp³-hybridized carbons (Fsp3) is 0.111. The lowest BCUT2D eigenvalue weighted by atomic mass is 10.2. The van der Waals surface area contributed by atoms with Crippen molar-refractivity contribution in [3.63, 3.8) is 0 Å². The van der Waals surface area contributed by atoms with Crippen molar-refractivity contribution in [3.8, 4) is 0 Å². The number of nitrogens with zero attached hydrogens (tertiary/aromatic N) is 2. The Labute approximate surface area is 71.3 Å². The number of hydrogen-bond acceptors (Lipinski definition) is 2. The maximum absolute atomic E-state index is 8.11. The highest BCUT2D eigenvalue weighted by atomic mass is 16.4. The minimum atomic E-state index is 1.07. The Hall–Kier alpha value is -1.64. The molecule has 1 aromatic heterocycles. The molecule has 0 atom stereocenters. The Morgan fingerprint density at radius 2 is 2.42 bits per heavy atom. The average molecular weight is 163 g/mol. The Balaban J connectivity index is 2.76. The van der Waals surface area contributed by atoms with Crippen LogP contribution in [0.4, 0.5) is 0 Å². The highest BCUT2D eigenvalue weighted by molar-refractivity contribution is 5.77. The number of pyridine rings is 1. The van der Waals surface area contributed by atoms with Crippen LogP contribution in [0.15, 0.2) is 35.8 Å². The van der Waals surface area contributed by atoms with Crippen LogP contribution < -0.4 is 4.57 Å². The van der Waals surface area contributed by atoms with Gasteiger partial charge in [-0.3, -0.25) is 0 Å². The molecule has 0 aliphatic heterocycles. The Morgan fingerprint density at radius 3 is 3.08 bits per heavy atom. The molecule has 0 aliphatic rings. The fourth-order valence-corrected chi connectivity index (χ4v) is 0.902. The van der Waals surface area contributed by atoms with Crippen LogP contribution in [0.3, 0.4) is 0 Å². The van der Waals surface area contributed by atoms with E-state index in [0.717, 1.165) is 5.56 Å². The second-order valence-corrected chi connectivity index (χ2v) is 2.43. The smallest absolute Gasteiger partial charge is 0.175 e. The van der Waals surface area contributed by atoms with Crippen LogP contribution in [0.5, 0.6) is 0 Å². The zero-order chi connectivity index (χ0) is 8.81. The molecule has 0 aliphatic carbocycles. The van der Waals surface area contributed by atoms with E-state index in [1.54, 1.807) is 6.08 Å². The van der Waals surface area contributed by atoms with Crippen molar-refractivity contribution in [2.75, 3.05) is 0 Å². The van der Waals surface area contributed by atoms with Gasteiger partial charge in [-0.05, 0) is 18.2 Å². The van der Waals surface area contributed by atoms with Gasteiger partial charge in [0.25, 0.3) is 0 Å². The summed E-state index contributed by atoms with van der Waals surface area (Å²) in [6.45, 7) is 0. The first-order valence-corrected chi connectivity index (χ1v) is 3.62. The SMILES string of the molecule is C[n+]1cccc(C=CC=NO)c1. The van der Waals surface area contributed by atoms with Gasteiger partial charge >= 0.3 is 0 Å². The zero-order valence-electron chi connectivity index (χ0n) is 6.88. The fourth-order valence-electron chi connectivity index (χ4n) is 0.902. The average Bonchev–Trinajstić information content (AvgIpc) is 2.05. The van der Waals surface area contributed by atoms with Crippen molar-refractivity contribution in [2.45, 2.75) is 0 Å². The molecule has 12 heavy (non-hydrogen) atoms. The summed E-state index contributed by atoms with van der Waals surface area (Å²) < 4.78 is 1.95. The van der Waals surface area contributed by atoms with Gasteiger partial charge < -0.3 is 5.21 Å². The van der Waals surface area contributed by atoms with E-state index in [-0.39, 0.29) is 0 Å². The van der Waals surface area contributed by atoms with E-state index < -0.39 is 0 Å². The first-order chi connectivity index (χ1) is 5.83. The molecule has 0 unspecified atom stereocenters. The second kappa shape index (κ2) is 4.28. The zero-order valence-corrected chi connectivity index (χ0v) is 6.88. The van der Waals surface area contributed by atoms with Gasteiger partial charge in [0.15, 0.2) is 12.4 Å². The van der Waals surface area contributed by atoms with Gasteiger partial charge in [0.1, 0.15) is 7.05 Å². The molecule has 0 aromatic carbocycles. The predicted molar refractivity (Wildman–Crippen MR) is 46.9 cm³/mol. The molecule has 3 heteroatoms. The second-order valence-electron chi connectivity index (χ2n) is 2.43. The van der Waals surface area contributed by atoms with Gasteiger partial charge in [0, 0.05) is 11.6 Å². The van der Waals surface area contributed by atoms with Gasteiger partial charge in [-0.1, -0.05) is 5.16 Å². The topological polar surface area (TPSA) is 36.5 Å². The van der Waals surface area contributed by atoms with E-state index in [1.807, 2.05) is 42.2 Å². The van der Waals surface area contributed by atoms with Crippen LogP contribution in [0, 0.1) is 0 Å². The molecular weight excluding hydrogens is 152 g/mol. The summed E-state index contributed by atoms with van der Waals surface area (Å²) in [5.41, 5.74) is 1.07. The van der Waals surface area contributed by atoms with Crippen molar-refractivity contribution >= 4 is 12.3 Å². The van der Waals surface area contributed by atoms with E-state index in [1.165, 1.54) is 6.21 Å². The molecular formula is C9H11N2O+. The van der Waals surface area contributed by atoms with Gasteiger partial charge in [0.05, 0.1) is 6.21 Å². The van der Waals surface area contributed by atoms with Gasteiger partial charge in [0.2, 0.25) is 0 Å². The van der Waals surface area contributed by atoms with E-state index in [0.29, 0.717) is 0 Å². The quantitative estimate of drug-likeness (QED) is 0.300. The van der Waals surface area contributed by atoms with E-state index >= 15 is 0 Å². The standard InChI is InChI=1S/C9H10N2O/c1-11-7-3-5-9(8-11)4-2-6-10-12/h2-8H,1H3/p+1. The number of hydrogen-bond donors (Lipinski definition) is 1. The molecule has 0 saturated heterocycles. The molecule has 3 nitrogen and oxygen atoms in total. The molecule has 0 radical (unpaired) electrons. The lowest BCUT2D eigenvalue weighted by molar-refractivity contribution is -0.671. The molecule has 0 spiro atoms. The molecule has 1 heterocycles. The molecule has 0 saturated carbocycles. The van der Waals surface area contributed by atoms with Crippen molar-refractivity contribution < 1.29 is 9.77 Å². The summed E-state index contributed by atoms with van der Waals surface area (Å²) in [5, 5.41) is 11.0. The van der Waals surface area contributed by atoms with Crippen molar-refractivity contribution in [1.29, 1.82) is 0 Å². The minimum absolute atomic E-state index is 1.07. The number of rotatable bonds is 2.